The first-order chi connectivity index (χ1) is 17.7. The van der Waals surface area contributed by atoms with Crippen molar-refractivity contribution in [1.82, 2.24) is 19.7 Å². The number of nitrogens with one attached hydrogen (secondary N) is 1. The van der Waals surface area contributed by atoms with Crippen LogP contribution in [0.4, 0.5) is 8.78 Å². The van der Waals surface area contributed by atoms with Gasteiger partial charge in [0.2, 0.25) is 0 Å². The molecular formula is C29H21F2N5O. The molecule has 5 rings (SSSR count). The minimum absolute atomic E-state index is 0.124. The number of benzene rings is 2. The molecule has 0 bridgehead atoms. The lowest BCUT2D eigenvalue weighted by molar-refractivity contribution is 0.1000. The molecule has 0 aliphatic heterocycles. The van der Waals surface area contributed by atoms with Gasteiger partial charge in [0, 0.05) is 34.9 Å². The average molecular weight is 494 g/mol. The molecule has 0 radical (unpaired) electrons. The molecule has 0 aliphatic carbocycles. The summed E-state index contributed by atoms with van der Waals surface area (Å²) in [6, 6.07) is 11.8. The van der Waals surface area contributed by atoms with Gasteiger partial charge in [-0.1, -0.05) is 30.0 Å². The molecular weight excluding hydrogens is 472 g/mol. The van der Waals surface area contributed by atoms with Gasteiger partial charge in [-0.05, 0) is 56.0 Å². The lowest BCUT2D eigenvalue weighted by Gasteiger charge is -2.30. The summed E-state index contributed by atoms with van der Waals surface area (Å²) < 4.78 is 30.8. The molecule has 6 nitrogen and oxygen atoms in total. The van der Waals surface area contributed by atoms with Crippen LogP contribution >= 0.6 is 0 Å². The minimum atomic E-state index is -0.931. The number of carbonyl (C=O) groups excluding carboxylic acids is 1. The number of amides is 1. The van der Waals surface area contributed by atoms with E-state index in [0.29, 0.717) is 16.6 Å². The molecule has 0 aliphatic rings. The molecule has 0 saturated heterocycles. The van der Waals surface area contributed by atoms with Crippen molar-refractivity contribution in [3.63, 3.8) is 0 Å². The molecule has 0 saturated carbocycles. The number of fused-ring (bicyclic) bond motifs is 2. The number of hydrogen-bond donors (Lipinski definition) is 2. The van der Waals surface area contributed by atoms with E-state index in [1.807, 2.05) is 38.1 Å². The fraction of sp³-hybridized carbons (Fsp3) is 0.138. The Hall–Kier alpha value is -4.95. The van der Waals surface area contributed by atoms with Crippen LogP contribution < -0.4 is 5.73 Å². The predicted octanol–water partition coefficient (Wildman–Crippen LogP) is 4.96. The fourth-order valence-electron chi connectivity index (χ4n) is 4.39. The number of aromatic amines is 1. The van der Waals surface area contributed by atoms with E-state index in [0.717, 1.165) is 23.0 Å². The third kappa shape index (κ3) is 4.53. The highest BCUT2D eigenvalue weighted by Crippen LogP contribution is 2.38. The predicted molar refractivity (Wildman–Crippen MR) is 137 cm³/mol. The van der Waals surface area contributed by atoms with E-state index >= 15 is 4.39 Å². The highest BCUT2D eigenvalue weighted by atomic mass is 19.1. The number of halogens is 2. The Balaban J connectivity index is 1.60. The van der Waals surface area contributed by atoms with Crippen molar-refractivity contribution in [2.75, 3.05) is 0 Å². The maximum Gasteiger partial charge on any atom is 0.251 e. The molecule has 3 N–H and O–H groups in total. The molecule has 2 aromatic carbocycles. The number of pyridine rings is 1. The summed E-state index contributed by atoms with van der Waals surface area (Å²) >= 11 is 0. The summed E-state index contributed by atoms with van der Waals surface area (Å²) in [5.41, 5.74) is 6.58. The van der Waals surface area contributed by atoms with Gasteiger partial charge < -0.3 is 10.7 Å². The van der Waals surface area contributed by atoms with Gasteiger partial charge in [0.1, 0.15) is 17.3 Å². The van der Waals surface area contributed by atoms with Gasteiger partial charge >= 0.3 is 0 Å². The summed E-state index contributed by atoms with van der Waals surface area (Å²) in [4.78, 5) is 19.1. The van der Waals surface area contributed by atoms with Crippen molar-refractivity contribution < 1.29 is 13.6 Å². The molecule has 182 valence electrons. The Labute approximate surface area is 211 Å². The fourth-order valence-corrected chi connectivity index (χ4v) is 4.39. The van der Waals surface area contributed by atoms with Crippen LogP contribution in [0.1, 0.15) is 41.4 Å². The third-order valence-corrected chi connectivity index (χ3v) is 6.12. The van der Waals surface area contributed by atoms with Gasteiger partial charge in [-0.25, -0.2) is 13.8 Å². The van der Waals surface area contributed by atoms with Crippen LogP contribution in [0.15, 0.2) is 67.1 Å². The first-order valence-electron chi connectivity index (χ1n) is 11.4. The third-order valence-electron chi connectivity index (χ3n) is 6.12. The number of primary amides is 1. The minimum Gasteiger partial charge on any atom is -0.366 e. The zero-order valence-corrected chi connectivity index (χ0v) is 20.0. The lowest BCUT2D eigenvalue weighted by Crippen LogP contribution is -2.28. The Morgan fingerprint density at radius 2 is 1.95 bits per heavy atom. The number of aromatic nitrogens is 4. The van der Waals surface area contributed by atoms with Crippen molar-refractivity contribution in [2.45, 2.75) is 19.9 Å². The van der Waals surface area contributed by atoms with Crippen LogP contribution in [-0.4, -0.2) is 25.7 Å². The van der Waals surface area contributed by atoms with Gasteiger partial charge in [0.25, 0.3) is 5.91 Å². The van der Waals surface area contributed by atoms with E-state index in [2.05, 4.69) is 38.7 Å². The first kappa shape index (κ1) is 23.8. The summed E-state index contributed by atoms with van der Waals surface area (Å²) in [6.07, 6.45) is 4.85. The van der Waals surface area contributed by atoms with Crippen molar-refractivity contribution in [2.24, 2.45) is 11.1 Å². The second kappa shape index (κ2) is 9.25. The van der Waals surface area contributed by atoms with Crippen molar-refractivity contribution in [3.05, 3.63) is 95.4 Å². The monoisotopic (exact) mass is 493 g/mol. The van der Waals surface area contributed by atoms with E-state index in [-0.39, 0.29) is 11.1 Å². The standard InChI is InChI=1S/C29H21F2N5O/c1-29(2,13-6-5-8-20-21-12-14-33-28(21)34-16-23(20)27(32)37)26(22-15-19(30)10-11-24(22)31)36-17-18-7-3-4-9-25(18)35-36/h3-4,7,9-12,14-17,26H,1-2H3,(H2,32,37)(H,33,34). The molecule has 0 fully saturated rings. The highest BCUT2D eigenvalue weighted by Gasteiger charge is 2.34. The second-order valence-electron chi connectivity index (χ2n) is 9.11. The van der Waals surface area contributed by atoms with Gasteiger partial charge in [-0.2, -0.15) is 5.10 Å². The Morgan fingerprint density at radius 1 is 1.14 bits per heavy atom. The molecule has 0 spiro atoms. The first-order valence-corrected chi connectivity index (χ1v) is 11.4. The molecule has 1 unspecified atom stereocenters. The van der Waals surface area contributed by atoms with E-state index in [1.54, 1.807) is 23.1 Å². The second-order valence-corrected chi connectivity index (χ2v) is 9.11. The van der Waals surface area contributed by atoms with Crippen LogP contribution in [0, 0.1) is 40.7 Å². The highest BCUT2D eigenvalue weighted by molar-refractivity contribution is 6.00. The van der Waals surface area contributed by atoms with Crippen LogP contribution in [0.2, 0.25) is 0 Å². The van der Waals surface area contributed by atoms with Gasteiger partial charge in [-0.15, -0.1) is 0 Å². The molecule has 3 heterocycles. The summed E-state index contributed by atoms with van der Waals surface area (Å²) in [7, 11) is 0. The number of hydrogen-bond acceptors (Lipinski definition) is 3. The van der Waals surface area contributed by atoms with E-state index in [1.165, 1.54) is 12.3 Å². The zero-order chi connectivity index (χ0) is 26.2. The van der Waals surface area contributed by atoms with Crippen molar-refractivity contribution >= 4 is 27.8 Å². The number of carbonyl (C=O) groups is 1. The van der Waals surface area contributed by atoms with Crippen LogP contribution in [-0.2, 0) is 0 Å². The van der Waals surface area contributed by atoms with E-state index < -0.39 is 29.0 Å². The molecule has 37 heavy (non-hydrogen) atoms. The quantitative estimate of drug-likeness (QED) is 0.347. The van der Waals surface area contributed by atoms with Crippen LogP contribution in [0.5, 0.6) is 0 Å². The van der Waals surface area contributed by atoms with Crippen molar-refractivity contribution in [3.8, 4) is 23.7 Å². The van der Waals surface area contributed by atoms with E-state index in [9.17, 15) is 9.18 Å². The van der Waals surface area contributed by atoms with Crippen molar-refractivity contribution in [1.29, 1.82) is 0 Å². The molecule has 5 aromatic rings. The van der Waals surface area contributed by atoms with Crippen LogP contribution in [0.25, 0.3) is 21.9 Å². The van der Waals surface area contributed by atoms with Gasteiger partial charge in [-0.3, -0.25) is 9.48 Å². The largest absolute Gasteiger partial charge is 0.366 e. The number of nitrogens with zero attached hydrogens (tertiary/aromatic N) is 3. The Bertz CT molecular complexity index is 1760. The normalized spacial score (nSPS) is 12.0. The van der Waals surface area contributed by atoms with Crippen LogP contribution in [0.3, 0.4) is 0 Å². The number of H-pyrrole nitrogens is 1. The Morgan fingerprint density at radius 3 is 2.73 bits per heavy atom. The smallest absolute Gasteiger partial charge is 0.251 e. The topological polar surface area (TPSA) is 89.6 Å². The maximum atomic E-state index is 15.0. The molecule has 8 heteroatoms. The number of nitrogens with two attached hydrogens (primary N) is 1. The van der Waals surface area contributed by atoms with Gasteiger partial charge in [0.15, 0.2) is 0 Å². The zero-order valence-electron chi connectivity index (χ0n) is 20.0. The SMILES string of the molecule is CC(C)(C#CC#Cc1c(C(N)=O)cnc2[nH]ccc12)C(c1cc(F)ccc1F)n1cc2ccccc2n1. The summed E-state index contributed by atoms with van der Waals surface area (Å²) in [5, 5.41) is 6.13. The number of rotatable bonds is 4. The molecule has 3 aromatic heterocycles. The summed E-state index contributed by atoms with van der Waals surface area (Å²) in [5.74, 6) is 9.85. The summed E-state index contributed by atoms with van der Waals surface area (Å²) in [6.45, 7) is 3.63. The maximum absolute atomic E-state index is 15.0. The van der Waals surface area contributed by atoms with Gasteiger partial charge in [0.05, 0.1) is 28.1 Å². The molecule has 1 atom stereocenters. The Kier molecular flexibility index (Phi) is 5.95. The average Bonchev–Trinajstić information content (AvgIpc) is 3.50. The molecule has 1 amide bonds. The lowest BCUT2D eigenvalue weighted by atomic mass is 9.80. The van der Waals surface area contributed by atoms with E-state index in [4.69, 9.17) is 5.73 Å².